The number of thioether (sulfide) groups is 1. The molecule has 7 nitrogen and oxygen atoms in total. The molecule has 3 aromatic carbocycles. The predicted molar refractivity (Wildman–Crippen MR) is 139 cm³/mol. The van der Waals surface area contributed by atoms with Crippen LogP contribution in [0.5, 0.6) is 0 Å². The summed E-state index contributed by atoms with van der Waals surface area (Å²) in [6.45, 7) is 5.62. The van der Waals surface area contributed by atoms with Crippen LogP contribution in [0.25, 0.3) is 0 Å². The van der Waals surface area contributed by atoms with Gasteiger partial charge in [-0.15, -0.1) is 11.8 Å². The fourth-order valence-electron chi connectivity index (χ4n) is 3.24. The van der Waals surface area contributed by atoms with Gasteiger partial charge in [0.15, 0.2) is 0 Å². The fourth-order valence-corrected chi connectivity index (χ4v) is 5.06. The lowest BCUT2D eigenvalue weighted by Gasteiger charge is -2.13. The summed E-state index contributed by atoms with van der Waals surface area (Å²) in [6, 6.07) is 19.0. The Morgan fingerprint density at radius 1 is 0.765 bits per heavy atom. The first-order chi connectivity index (χ1) is 16.1. The maximum atomic E-state index is 12.8. The number of para-hydroxylation sites is 1. The van der Waals surface area contributed by atoms with Gasteiger partial charge in [-0.25, -0.2) is 8.42 Å². The second-order valence-electron chi connectivity index (χ2n) is 7.86. The third kappa shape index (κ3) is 7.10. The van der Waals surface area contributed by atoms with Crippen LogP contribution in [0, 0.1) is 20.8 Å². The predicted octanol–water partition coefficient (Wildman–Crippen LogP) is 4.72. The highest BCUT2D eigenvalue weighted by molar-refractivity contribution is 8.00. The maximum Gasteiger partial charge on any atom is 0.261 e. The summed E-state index contributed by atoms with van der Waals surface area (Å²) in [6.07, 6.45) is 0. The lowest BCUT2D eigenvalue weighted by Crippen LogP contribution is -2.18. The molecule has 0 saturated carbocycles. The first-order valence-corrected chi connectivity index (χ1v) is 13.2. The molecule has 0 aromatic heterocycles. The largest absolute Gasteiger partial charge is 0.325 e. The number of nitrogens with one attached hydrogen (secondary N) is 3. The average Bonchev–Trinajstić information content (AvgIpc) is 2.77. The number of anilines is 3. The van der Waals surface area contributed by atoms with Crippen molar-refractivity contribution in [1.82, 2.24) is 0 Å². The molecule has 3 aromatic rings. The third-order valence-corrected chi connectivity index (χ3v) is 7.23. The zero-order valence-electron chi connectivity index (χ0n) is 19.2. The minimum atomic E-state index is -3.77. The van der Waals surface area contributed by atoms with Crippen LogP contribution in [0.4, 0.5) is 17.1 Å². The summed E-state index contributed by atoms with van der Waals surface area (Å²) in [7, 11) is -3.77. The first-order valence-electron chi connectivity index (χ1n) is 10.6. The standard InChI is InChI=1S/C25H27N3O4S2/c1-17-6-4-9-21(14-17)27-24(30)16-33-15-23(29)26-20-10-12-22(13-11-20)34(31,32)28-25-18(2)7-5-8-19(25)3/h4-14,28H,15-16H2,1-3H3,(H,26,29)(H,27,30). The molecule has 9 heteroatoms. The lowest BCUT2D eigenvalue weighted by molar-refractivity contribution is -0.114. The number of carbonyl (C=O) groups is 2. The summed E-state index contributed by atoms with van der Waals surface area (Å²) in [5.41, 5.74) is 4.46. The molecule has 0 aliphatic heterocycles. The van der Waals surface area contributed by atoms with Crippen molar-refractivity contribution in [3.8, 4) is 0 Å². The monoisotopic (exact) mass is 497 g/mol. The van der Waals surface area contributed by atoms with Crippen LogP contribution < -0.4 is 15.4 Å². The van der Waals surface area contributed by atoms with Crippen molar-refractivity contribution in [2.75, 3.05) is 26.9 Å². The number of rotatable bonds is 9. The smallest absolute Gasteiger partial charge is 0.261 e. The van der Waals surface area contributed by atoms with Gasteiger partial charge in [0.1, 0.15) is 0 Å². The Balaban J connectivity index is 1.50. The minimum Gasteiger partial charge on any atom is -0.325 e. The molecule has 0 bridgehead atoms. The van der Waals surface area contributed by atoms with Crippen LogP contribution in [0.3, 0.4) is 0 Å². The second kappa shape index (κ2) is 11.2. The van der Waals surface area contributed by atoms with E-state index in [0.29, 0.717) is 11.4 Å². The van der Waals surface area contributed by atoms with E-state index in [2.05, 4.69) is 15.4 Å². The topological polar surface area (TPSA) is 104 Å². The van der Waals surface area contributed by atoms with Crippen molar-refractivity contribution < 1.29 is 18.0 Å². The Hall–Kier alpha value is -3.30. The number of hydrogen-bond donors (Lipinski definition) is 3. The van der Waals surface area contributed by atoms with Crippen molar-refractivity contribution in [2.45, 2.75) is 25.7 Å². The van der Waals surface area contributed by atoms with Gasteiger partial charge in [-0.05, 0) is 73.9 Å². The van der Waals surface area contributed by atoms with Crippen molar-refractivity contribution >= 4 is 50.7 Å². The van der Waals surface area contributed by atoms with Gasteiger partial charge in [0.2, 0.25) is 11.8 Å². The molecule has 3 rings (SSSR count). The van der Waals surface area contributed by atoms with Gasteiger partial charge < -0.3 is 10.6 Å². The fraction of sp³-hybridized carbons (Fsp3) is 0.200. The zero-order valence-corrected chi connectivity index (χ0v) is 20.8. The molecular formula is C25H27N3O4S2. The molecule has 0 radical (unpaired) electrons. The number of hydrogen-bond acceptors (Lipinski definition) is 5. The van der Waals surface area contributed by atoms with Crippen molar-refractivity contribution in [3.05, 3.63) is 83.4 Å². The molecule has 2 amide bonds. The highest BCUT2D eigenvalue weighted by Gasteiger charge is 2.16. The summed E-state index contributed by atoms with van der Waals surface area (Å²) < 4.78 is 28.1. The van der Waals surface area contributed by atoms with Crippen LogP contribution in [-0.4, -0.2) is 31.7 Å². The molecule has 0 fully saturated rings. The number of sulfonamides is 1. The van der Waals surface area contributed by atoms with Crippen LogP contribution in [-0.2, 0) is 19.6 Å². The van der Waals surface area contributed by atoms with E-state index in [1.165, 1.54) is 36.0 Å². The van der Waals surface area contributed by atoms with Crippen LogP contribution in [0.2, 0.25) is 0 Å². The highest BCUT2D eigenvalue weighted by atomic mass is 32.2. The van der Waals surface area contributed by atoms with Gasteiger partial charge in [-0.3, -0.25) is 14.3 Å². The number of aryl methyl sites for hydroxylation is 3. The molecule has 3 N–H and O–H groups in total. The summed E-state index contributed by atoms with van der Waals surface area (Å²) in [5, 5.41) is 5.51. The van der Waals surface area contributed by atoms with E-state index in [0.717, 1.165) is 22.4 Å². The van der Waals surface area contributed by atoms with Crippen molar-refractivity contribution in [3.63, 3.8) is 0 Å². The quantitative estimate of drug-likeness (QED) is 0.397. The minimum absolute atomic E-state index is 0.0927. The normalized spacial score (nSPS) is 11.0. The molecular weight excluding hydrogens is 470 g/mol. The average molecular weight is 498 g/mol. The Labute approximate surface area is 204 Å². The van der Waals surface area contributed by atoms with Gasteiger partial charge in [0, 0.05) is 11.4 Å². The summed E-state index contributed by atoms with van der Waals surface area (Å²) in [4.78, 5) is 24.3. The Kier molecular flexibility index (Phi) is 8.36. The maximum absolute atomic E-state index is 12.8. The van der Waals surface area contributed by atoms with Crippen LogP contribution >= 0.6 is 11.8 Å². The number of carbonyl (C=O) groups excluding carboxylic acids is 2. The van der Waals surface area contributed by atoms with Crippen molar-refractivity contribution in [1.29, 1.82) is 0 Å². The van der Waals surface area contributed by atoms with E-state index in [1.807, 2.05) is 63.2 Å². The summed E-state index contributed by atoms with van der Waals surface area (Å²) in [5.74, 6) is -0.232. The van der Waals surface area contributed by atoms with Gasteiger partial charge in [-0.2, -0.15) is 0 Å². The molecule has 0 aliphatic rings. The van der Waals surface area contributed by atoms with E-state index in [9.17, 15) is 18.0 Å². The molecule has 0 aliphatic carbocycles. The molecule has 0 spiro atoms. The SMILES string of the molecule is Cc1cccc(NC(=O)CSCC(=O)Nc2ccc(S(=O)(=O)Nc3c(C)cccc3C)cc2)c1. The Morgan fingerprint density at radius 2 is 1.32 bits per heavy atom. The van der Waals surface area contributed by atoms with Gasteiger partial charge >= 0.3 is 0 Å². The molecule has 0 heterocycles. The van der Waals surface area contributed by atoms with Crippen LogP contribution in [0.1, 0.15) is 16.7 Å². The molecule has 0 unspecified atom stereocenters. The Morgan fingerprint density at radius 3 is 1.91 bits per heavy atom. The number of amides is 2. The lowest BCUT2D eigenvalue weighted by atomic mass is 10.1. The third-order valence-electron chi connectivity index (χ3n) is 4.93. The van der Waals surface area contributed by atoms with E-state index >= 15 is 0 Å². The first kappa shape index (κ1) is 25.3. The van der Waals surface area contributed by atoms with E-state index < -0.39 is 10.0 Å². The zero-order chi connectivity index (χ0) is 24.7. The number of benzene rings is 3. The second-order valence-corrected chi connectivity index (χ2v) is 10.5. The van der Waals surface area contributed by atoms with E-state index in [1.54, 1.807) is 0 Å². The molecule has 0 saturated heterocycles. The van der Waals surface area contributed by atoms with Gasteiger partial charge in [-0.1, -0.05) is 30.3 Å². The van der Waals surface area contributed by atoms with Gasteiger partial charge in [0.05, 0.1) is 22.1 Å². The van der Waals surface area contributed by atoms with E-state index in [-0.39, 0.29) is 28.2 Å². The van der Waals surface area contributed by atoms with Crippen LogP contribution in [0.15, 0.2) is 71.6 Å². The molecule has 178 valence electrons. The van der Waals surface area contributed by atoms with E-state index in [4.69, 9.17) is 0 Å². The summed E-state index contributed by atoms with van der Waals surface area (Å²) >= 11 is 1.19. The highest BCUT2D eigenvalue weighted by Crippen LogP contribution is 2.24. The van der Waals surface area contributed by atoms with Crippen molar-refractivity contribution in [2.24, 2.45) is 0 Å². The molecule has 0 atom stereocenters. The molecule has 34 heavy (non-hydrogen) atoms. The van der Waals surface area contributed by atoms with Gasteiger partial charge in [0.25, 0.3) is 10.0 Å². The Bertz CT molecular complexity index is 1270.